The van der Waals surface area contributed by atoms with Crippen molar-refractivity contribution in [1.29, 1.82) is 0 Å². The summed E-state index contributed by atoms with van der Waals surface area (Å²) < 4.78 is 39.3. The fourth-order valence-electron chi connectivity index (χ4n) is 3.03. The molecule has 2 heterocycles. The van der Waals surface area contributed by atoms with Gasteiger partial charge in [-0.25, -0.2) is 9.97 Å². The van der Waals surface area contributed by atoms with Crippen LogP contribution in [-0.4, -0.2) is 32.7 Å². The second-order valence-electron chi connectivity index (χ2n) is 7.14. The average molecular weight is 413 g/mol. The van der Waals surface area contributed by atoms with Gasteiger partial charge < -0.3 is 15.6 Å². The number of rotatable bonds is 4. The average Bonchev–Trinajstić information content (AvgIpc) is 3.44. The summed E-state index contributed by atoms with van der Waals surface area (Å²) in [6.07, 6.45) is -0.590. The summed E-state index contributed by atoms with van der Waals surface area (Å²) in [7, 11) is 0. The molecule has 1 aromatic carbocycles. The first kappa shape index (κ1) is 19.8. The number of benzene rings is 1. The highest BCUT2D eigenvalue weighted by molar-refractivity contribution is 5.95. The maximum atomic E-state index is 12.7. The number of nitrogens with two attached hydrogens (primary N) is 1. The van der Waals surface area contributed by atoms with E-state index in [1.54, 1.807) is 24.3 Å². The monoisotopic (exact) mass is 413 g/mol. The molecule has 3 N–H and O–H groups in total. The van der Waals surface area contributed by atoms with E-state index in [4.69, 9.17) is 5.73 Å². The minimum absolute atomic E-state index is 0.146. The van der Waals surface area contributed by atoms with Gasteiger partial charge in [0.05, 0.1) is 17.4 Å². The second-order valence-corrected chi connectivity index (χ2v) is 7.14. The predicted molar refractivity (Wildman–Crippen MR) is 106 cm³/mol. The number of nitrogen functional groups attached to an aromatic ring is 1. The summed E-state index contributed by atoms with van der Waals surface area (Å²) in [4.78, 5) is 20.2. The van der Waals surface area contributed by atoms with Crippen LogP contribution in [0.5, 0.6) is 0 Å². The first-order valence-corrected chi connectivity index (χ1v) is 9.39. The van der Waals surface area contributed by atoms with Gasteiger partial charge in [-0.05, 0) is 31.0 Å². The summed E-state index contributed by atoms with van der Waals surface area (Å²) >= 11 is 0. The molecule has 0 radical (unpaired) electrons. The Morgan fingerprint density at radius 3 is 2.80 bits per heavy atom. The Kier molecular flexibility index (Phi) is 5.08. The highest BCUT2D eigenvalue weighted by Gasteiger charge is 2.27. The third-order valence-corrected chi connectivity index (χ3v) is 4.70. The standard InChI is InChI=1S/C21H18F3N5O/c22-21(23,24)8-9-29-11-15(17-18(25)26-12-27-19(17)29)5-4-13-2-1-3-14(10-13)20(30)28-16-6-7-16/h1-3,10-12,16H,6-9H2,(H,28,30)(H2,25,26,27). The number of alkyl halides is 3. The molecule has 1 aliphatic carbocycles. The molecule has 1 aliphatic rings. The van der Waals surface area contributed by atoms with E-state index in [0.29, 0.717) is 27.7 Å². The van der Waals surface area contributed by atoms with Crippen LogP contribution in [0.1, 0.15) is 40.7 Å². The fourth-order valence-corrected chi connectivity index (χ4v) is 3.03. The number of carbonyl (C=O) groups is 1. The van der Waals surface area contributed by atoms with Gasteiger partial charge in [-0.15, -0.1) is 0 Å². The van der Waals surface area contributed by atoms with Crippen molar-refractivity contribution < 1.29 is 18.0 Å². The summed E-state index contributed by atoms with van der Waals surface area (Å²) in [5, 5.41) is 3.33. The number of aromatic nitrogens is 3. The van der Waals surface area contributed by atoms with E-state index >= 15 is 0 Å². The summed E-state index contributed by atoms with van der Waals surface area (Å²) in [6.45, 7) is -0.297. The van der Waals surface area contributed by atoms with E-state index < -0.39 is 12.6 Å². The van der Waals surface area contributed by atoms with Gasteiger partial charge in [0, 0.05) is 29.9 Å². The van der Waals surface area contributed by atoms with Crippen LogP contribution in [-0.2, 0) is 6.54 Å². The first-order chi connectivity index (χ1) is 14.3. The molecule has 30 heavy (non-hydrogen) atoms. The molecule has 0 bridgehead atoms. The van der Waals surface area contributed by atoms with Crippen molar-refractivity contribution in [2.45, 2.75) is 38.0 Å². The third-order valence-electron chi connectivity index (χ3n) is 4.70. The van der Waals surface area contributed by atoms with Gasteiger partial charge >= 0.3 is 6.18 Å². The quantitative estimate of drug-likeness (QED) is 0.643. The molecule has 6 nitrogen and oxygen atoms in total. The Labute approximate surface area is 170 Å². The second kappa shape index (κ2) is 7.71. The summed E-state index contributed by atoms with van der Waals surface area (Å²) in [5.74, 6) is 5.89. The van der Waals surface area contributed by atoms with Gasteiger partial charge in [-0.2, -0.15) is 13.2 Å². The molecular weight excluding hydrogens is 395 g/mol. The van der Waals surface area contributed by atoms with Gasteiger partial charge in [0.2, 0.25) is 0 Å². The zero-order chi connectivity index (χ0) is 21.3. The highest BCUT2D eigenvalue weighted by atomic mass is 19.4. The first-order valence-electron chi connectivity index (χ1n) is 9.39. The third kappa shape index (κ3) is 4.54. The molecular formula is C21H18F3N5O. The van der Waals surface area contributed by atoms with Crippen LogP contribution in [0, 0.1) is 11.8 Å². The lowest BCUT2D eigenvalue weighted by Gasteiger charge is -2.07. The lowest BCUT2D eigenvalue weighted by atomic mass is 10.1. The Morgan fingerprint density at radius 1 is 1.27 bits per heavy atom. The predicted octanol–water partition coefficient (Wildman–Crippen LogP) is 3.26. The molecule has 1 fully saturated rings. The maximum Gasteiger partial charge on any atom is 0.390 e. The molecule has 3 aromatic rings. The van der Waals surface area contributed by atoms with E-state index in [0.717, 1.165) is 12.8 Å². The lowest BCUT2D eigenvalue weighted by Crippen LogP contribution is -2.25. The smallest absolute Gasteiger partial charge is 0.383 e. The molecule has 1 amide bonds. The Bertz CT molecular complexity index is 1170. The van der Waals surface area contributed by atoms with Crippen LogP contribution in [0.3, 0.4) is 0 Å². The van der Waals surface area contributed by atoms with E-state index in [1.807, 2.05) is 0 Å². The van der Waals surface area contributed by atoms with Crippen LogP contribution >= 0.6 is 0 Å². The normalized spacial score (nSPS) is 13.7. The van der Waals surface area contributed by atoms with Crippen LogP contribution in [0.4, 0.5) is 19.0 Å². The van der Waals surface area contributed by atoms with Crippen LogP contribution in [0.25, 0.3) is 11.0 Å². The topological polar surface area (TPSA) is 85.8 Å². The van der Waals surface area contributed by atoms with Gasteiger partial charge in [0.15, 0.2) is 0 Å². The van der Waals surface area contributed by atoms with E-state index in [9.17, 15) is 18.0 Å². The number of anilines is 1. The number of hydrogen-bond acceptors (Lipinski definition) is 4. The zero-order valence-electron chi connectivity index (χ0n) is 15.8. The fraction of sp³-hybridized carbons (Fsp3) is 0.286. The zero-order valence-corrected chi connectivity index (χ0v) is 15.8. The lowest BCUT2D eigenvalue weighted by molar-refractivity contribution is -0.136. The number of hydrogen-bond donors (Lipinski definition) is 2. The molecule has 1 saturated carbocycles. The number of halogens is 3. The van der Waals surface area contributed by atoms with Gasteiger partial charge in [0.1, 0.15) is 17.8 Å². The van der Waals surface area contributed by atoms with Crippen molar-refractivity contribution in [1.82, 2.24) is 19.9 Å². The minimum atomic E-state index is -4.29. The van der Waals surface area contributed by atoms with Gasteiger partial charge in [-0.3, -0.25) is 4.79 Å². The van der Waals surface area contributed by atoms with E-state index in [1.165, 1.54) is 17.1 Å². The largest absolute Gasteiger partial charge is 0.390 e. The van der Waals surface area contributed by atoms with E-state index in [-0.39, 0.29) is 24.3 Å². The van der Waals surface area contributed by atoms with Crippen molar-refractivity contribution in [2.24, 2.45) is 0 Å². The summed E-state index contributed by atoms with van der Waals surface area (Å²) in [6, 6.07) is 7.11. The number of fused-ring (bicyclic) bond motifs is 1. The Morgan fingerprint density at radius 2 is 2.07 bits per heavy atom. The van der Waals surface area contributed by atoms with Crippen molar-refractivity contribution in [3.05, 3.63) is 53.5 Å². The van der Waals surface area contributed by atoms with Crippen molar-refractivity contribution >= 4 is 22.8 Å². The number of aryl methyl sites for hydroxylation is 1. The maximum absolute atomic E-state index is 12.7. The minimum Gasteiger partial charge on any atom is -0.383 e. The number of nitrogens with zero attached hydrogens (tertiary/aromatic N) is 3. The molecule has 0 atom stereocenters. The number of nitrogens with one attached hydrogen (secondary N) is 1. The number of amides is 1. The molecule has 0 saturated heterocycles. The molecule has 9 heteroatoms. The van der Waals surface area contributed by atoms with Crippen LogP contribution in [0.15, 0.2) is 36.8 Å². The molecule has 0 spiro atoms. The van der Waals surface area contributed by atoms with Crippen molar-refractivity contribution in [2.75, 3.05) is 5.73 Å². The molecule has 0 aliphatic heterocycles. The summed E-state index contributed by atoms with van der Waals surface area (Å²) in [5.41, 5.74) is 7.76. The van der Waals surface area contributed by atoms with Crippen molar-refractivity contribution in [3.63, 3.8) is 0 Å². The van der Waals surface area contributed by atoms with E-state index in [2.05, 4.69) is 27.1 Å². The van der Waals surface area contributed by atoms with Gasteiger partial charge in [0.25, 0.3) is 5.91 Å². The Balaban J connectivity index is 1.65. The van der Waals surface area contributed by atoms with Crippen LogP contribution < -0.4 is 11.1 Å². The highest BCUT2D eigenvalue weighted by Crippen LogP contribution is 2.26. The molecule has 0 unspecified atom stereocenters. The molecule has 2 aromatic heterocycles. The van der Waals surface area contributed by atoms with Crippen LogP contribution in [0.2, 0.25) is 0 Å². The number of carbonyl (C=O) groups excluding carboxylic acids is 1. The molecule has 154 valence electrons. The molecule has 4 rings (SSSR count). The van der Waals surface area contributed by atoms with Gasteiger partial charge in [-0.1, -0.05) is 17.9 Å². The Hall–Kier alpha value is -3.54. The van der Waals surface area contributed by atoms with Crippen molar-refractivity contribution in [3.8, 4) is 11.8 Å². The SMILES string of the molecule is Nc1ncnc2c1c(C#Cc1cccc(C(=O)NC3CC3)c1)cn2CCC(F)(F)F.